The zero-order chi connectivity index (χ0) is 13.2. The van der Waals surface area contributed by atoms with E-state index in [2.05, 4.69) is 14.7 Å². The molecule has 1 saturated heterocycles. The second-order valence-electron chi connectivity index (χ2n) is 4.21. The van der Waals surface area contributed by atoms with E-state index in [9.17, 15) is 8.42 Å². The van der Waals surface area contributed by atoms with E-state index in [0.29, 0.717) is 18.2 Å². The van der Waals surface area contributed by atoms with Crippen molar-refractivity contribution in [3.05, 3.63) is 12.4 Å². The minimum absolute atomic E-state index is 0.0910. The summed E-state index contributed by atoms with van der Waals surface area (Å²) in [6, 6.07) is -0.0910. The van der Waals surface area contributed by atoms with E-state index in [-0.39, 0.29) is 6.04 Å². The second kappa shape index (κ2) is 5.07. The molecule has 1 fully saturated rings. The van der Waals surface area contributed by atoms with Crippen LogP contribution in [-0.4, -0.2) is 50.9 Å². The largest absolute Gasteiger partial charge is 0.478 e. The molecule has 7 nitrogen and oxygen atoms in total. The van der Waals surface area contributed by atoms with E-state index in [4.69, 9.17) is 4.74 Å². The molecule has 1 aromatic rings. The van der Waals surface area contributed by atoms with Crippen LogP contribution in [0.5, 0.6) is 5.88 Å². The van der Waals surface area contributed by atoms with Gasteiger partial charge in [-0.2, -0.15) is 0 Å². The van der Waals surface area contributed by atoms with Gasteiger partial charge in [0.15, 0.2) is 5.82 Å². The quantitative estimate of drug-likeness (QED) is 0.804. The fraction of sp³-hybridized carbons (Fsp3) is 0.600. The number of ether oxygens (including phenoxy) is 1. The normalized spacial score (nSPS) is 20.1. The summed E-state index contributed by atoms with van der Waals surface area (Å²) >= 11 is 0. The van der Waals surface area contributed by atoms with Crippen molar-refractivity contribution in [3.8, 4) is 5.88 Å². The number of sulfonamides is 1. The Morgan fingerprint density at radius 3 is 2.83 bits per heavy atom. The molecule has 1 aliphatic rings. The molecule has 0 unspecified atom stereocenters. The molecule has 2 rings (SSSR count). The predicted molar refractivity (Wildman–Crippen MR) is 67.2 cm³/mol. The van der Waals surface area contributed by atoms with E-state index in [1.165, 1.54) is 13.4 Å². The van der Waals surface area contributed by atoms with Crippen molar-refractivity contribution in [2.75, 3.05) is 31.4 Å². The van der Waals surface area contributed by atoms with Gasteiger partial charge in [0.05, 0.1) is 13.4 Å². The third-order valence-corrected chi connectivity index (χ3v) is 3.47. The summed E-state index contributed by atoms with van der Waals surface area (Å²) in [6.07, 6.45) is 5.06. The molecular formula is C10H16N4O3S. The molecule has 0 amide bonds. The van der Waals surface area contributed by atoms with Crippen molar-refractivity contribution in [2.45, 2.75) is 12.5 Å². The summed E-state index contributed by atoms with van der Waals surface area (Å²) in [4.78, 5) is 10.3. The molecule has 0 aliphatic carbocycles. The number of nitrogens with one attached hydrogen (secondary N) is 1. The molecule has 100 valence electrons. The van der Waals surface area contributed by atoms with Crippen LogP contribution in [0.1, 0.15) is 6.42 Å². The maximum atomic E-state index is 11.2. The van der Waals surface area contributed by atoms with E-state index < -0.39 is 10.0 Å². The van der Waals surface area contributed by atoms with Crippen LogP contribution in [0, 0.1) is 0 Å². The number of nitrogens with zero attached hydrogens (tertiary/aromatic N) is 3. The highest BCUT2D eigenvalue weighted by Crippen LogP contribution is 2.25. The maximum Gasteiger partial charge on any atom is 0.257 e. The third kappa shape index (κ3) is 3.08. The molecule has 1 N–H and O–H groups in total. The van der Waals surface area contributed by atoms with Crippen molar-refractivity contribution < 1.29 is 13.2 Å². The topological polar surface area (TPSA) is 84.4 Å². The van der Waals surface area contributed by atoms with Gasteiger partial charge < -0.3 is 9.64 Å². The molecule has 0 saturated carbocycles. The molecule has 0 aromatic carbocycles. The molecule has 2 heterocycles. The minimum Gasteiger partial charge on any atom is -0.478 e. The van der Waals surface area contributed by atoms with Gasteiger partial charge in [0.25, 0.3) is 5.88 Å². The van der Waals surface area contributed by atoms with Crippen LogP contribution >= 0.6 is 0 Å². The Labute approximate surface area is 106 Å². The maximum absolute atomic E-state index is 11.2. The van der Waals surface area contributed by atoms with Crippen LogP contribution in [0.15, 0.2) is 12.4 Å². The molecule has 1 atom stereocenters. The molecule has 1 aromatic heterocycles. The highest BCUT2D eigenvalue weighted by Gasteiger charge is 2.27. The van der Waals surface area contributed by atoms with Crippen molar-refractivity contribution in [1.29, 1.82) is 0 Å². The first-order valence-corrected chi connectivity index (χ1v) is 7.46. The number of anilines is 1. The Kier molecular flexibility index (Phi) is 3.67. The van der Waals surface area contributed by atoms with E-state index in [1.807, 2.05) is 4.90 Å². The standard InChI is InChI=1S/C10H16N4O3S/c1-17-10-9(11-4-5-12-10)14-6-3-8(7-14)13-18(2,15)16/h4-5,8,13H,3,6-7H2,1-2H3/t8-/m0/s1. The summed E-state index contributed by atoms with van der Waals surface area (Å²) in [6.45, 7) is 1.30. The Balaban J connectivity index is 2.09. The van der Waals surface area contributed by atoms with Gasteiger partial charge in [-0.05, 0) is 6.42 Å². The van der Waals surface area contributed by atoms with E-state index >= 15 is 0 Å². The van der Waals surface area contributed by atoms with Gasteiger partial charge in [0.1, 0.15) is 0 Å². The van der Waals surface area contributed by atoms with E-state index in [1.54, 1.807) is 12.4 Å². The molecule has 0 spiro atoms. The van der Waals surface area contributed by atoms with Gasteiger partial charge in [-0.15, -0.1) is 0 Å². The summed E-state index contributed by atoms with van der Waals surface area (Å²) in [5, 5.41) is 0. The van der Waals surface area contributed by atoms with Crippen LogP contribution in [0.2, 0.25) is 0 Å². The van der Waals surface area contributed by atoms with Crippen LogP contribution in [0.4, 0.5) is 5.82 Å². The fourth-order valence-electron chi connectivity index (χ4n) is 2.03. The Hall–Kier alpha value is -1.41. The van der Waals surface area contributed by atoms with Gasteiger partial charge in [-0.1, -0.05) is 0 Å². The first-order valence-electron chi connectivity index (χ1n) is 5.57. The molecule has 1 aliphatic heterocycles. The van der Waals surface area contributed by atoms with Crippen LogP contribution in [0.25, 0.3) is 0 Å². The summed E-state index contributed by atoms with van der Waals surface area (Å²) in [5.41, 5.74) is 0. The lowest BCUT2D eigenvalue weighted by Gasteiger charge is -2.18. The molecule has 8 heteroatoms. The van der Waals surface area contributed by atoms with Crippen LogP contribution < -0.4 is 14.4 Å². The lowest BCUT2D eigenvalue weighted by Crippen LogP contribution is -2.36. The number of hydrogen-bond acceptors (Lipinski definition) is 6. The Morgan fingerprint density at radius 1 is 1.44 bits per heavy atom. The average molecular weight is 272 g/mol. The molecule has 18 heavy (non-hydrogen) atoms. The SMILES string of the molecule is COc1nccnc1N1CC[C@H](NS(C)(=O)=O)C1. The first kappa shape index (κ1) is 13.0. The monoisotopic (exact) mass is 272 g/mol. The number of hydrogen-bond donors (Lipinski definition) is 1. The Morgan fingerprint density at radius 2 is 2.17 bits per heavy atom. The van der Waals surface area contributed by atoms with Crippen LogP contribution in [-0.2, 0) is 10.0 Å². The van der Waals surface area contributed by atoms with Gasteiger partial charge >= 0.3 is 0 Å². The zero-order valence-electron chi connectivity index (χ0n) is 10.3. The molecular weight excluding hydrogens is 256 g/mol. The lowest BCUT2D eigenvalue weighted by molar-refractivity contribution is 0.396. The second-order valence-corrected chi connectivity index (χ2v) is 5.99. The van der Waals surface area contributed by atoms with Gasteiger partial charge in [0, 0.05) is 31.5 Å². The fourth-order valence-corrected chi connectivity index (χ4v) is 2.83. The number of aromatic nitrogens is 2. The smallest absolute Gasteiger partial charge is 0.257 e. The number of rotatable bonds is 4. The van der Waals surface area contributed by atoms with Gasteiger partial charge in [0.2, 0.25) is 10.0 Å². The van der Waals surface area contributed by atoms with Crippen molar-refractivity contribution in [2.24, 2.45) is 0 Å². The Bertz CT molecular complexity index is 520. The summed E-state index contributed by atoms with van der Waals surface area (Å²) in [7, 11) is -1.64. The van der Waals surface area contributed by atoms with Crippen molar-refractivity contribution in [3.63, 3.8) is 0 Å². The molecule has 0 bridgehead atoms. The van der Waals surface area contributed by atoms with Crippen LogP contribution in [0.3, 0.4) is 0 Å². The number of methoxy groups -OCH3 is 1. The van der Waals surface area contributed by atoms with E-state index in [0.717, 1.165) is 13.0 Å². The minimum atomic E-state index is -3.17. The zero-order valence-corrected chi connectivity index (χ0v) is 11.1. The third-order valence-electron chi connectivity index (χ3n) is 2.71. The van der Waals surface area contributed by atoms with Gasteiger partial charge in [-0.3, -0.25) is 0 Å². The van der Waals surface area contributed by atoms with Gasteiger partial charge in [-0.25, -0.2) is 23.1 Å². The summed E-state index contributed by atoms with van der Waals surface area (Å²) < 4.78 is 30.1. The average Bonchev–Trinajstić information content (AvgIpc) is 2.75. The first-order chi connectivity index (χ1) is 8.49. The predicted octanol–water partition coefficient (Wildman–Crippen LogP) is -0.387. The highest BCUT2D eigenvalue weighted by atomic mass is 32.2. The highest BCUT2D eigenvalue weighted by molar-refractivity contribution is 7.88. The lowest BCUT2D eigenvalue weighted by atomic mass is 10.3. The van der Waals surface area contributed by atoms with Crippen molar-refractivity contribution >= 4 is 15.8 Å². The van der Waals surface area contributed by atoms with Crippen molar-refractivity contribution in [1.82, 2.24) is 14.7 Å². The molecule has 0 radical (unpaired) electrons. The summed E-state index contributed by atoms with van der Waals surface area (Å²) in [5.74, 6) is 1.11.